The Balaban J connectivity index is 0.977. The minimum absolute atomic E-state index is 0.578. The van der Waals surface area contributed by atoms with Gasteiger partial charge in [0.15, 0.2) is 11.6 Å². The molecule has 374 valence electrons. The highest BCUT2D eigenvalue weighted by molar-refractivity contribution is 6.12. The lowest BCUT2D eigenvalue weighted by Crippen LogP contribution is -2.26. The third kappa shape index (κ3) is 6.90. The van der Waals surface area contributed by atoms with Crippen LogP contribution in [0.25, 0.3) is 117 Å². The van der Waals surface area contributed by atoms with Crippen molar-refractivity contribution in [3.05, 3.63) is 287 Å². The third-order valence-electron chi connectivity index (χ3n) is 17.3. The fourth-order valence-corrected chi connectivity index (χ4v) is 14.0. The Bertz CT molecular complexity index is 4510. The first-order chi connectivity index (χ1) is 38.8. The van der Waals surface area contributed by atoms with Gasteiger partial charge in [0.25, 0.3) is 0 Å². The standard InChI is InChI=1S/C75H54N4/c1-45-40-46(2)60(71-48(4)69(50-24-10-6-11-25-50)47(3)70(49(71)5)51-26-12-7-13-27-51)42-59(45)54-38-39-57-55-32-18-21-35-63(55)75(65(57)41-54)64-36-22-19-33-56(64)61-43-62-58-34-20-23-37-67(58)79(68(62)44-66(61)75)74-77-72(52-28-14-8-15-29-52)76-73(78-74)53-30-16-9-17-31-53/h6-44H,1-5H3. The molecule has 0 saturated carbocycles. The van der Waals surface area contributed by atoms with Gasteiger partial charge in [-0.1, -0.05) is 206 Å². The van der Waals surface area contributed by atoms with Crippen molar-refractivity contribution in [1.82, 2.24) is 19.5 Å². The van der Waals surface area contributed by atoms with E-state index in [-0.39, 0.29) is 0 Å². The first-order valence-corrected chi connectivity index (χ1v) is 27.4. The summed E-state index contributed by atoms with van der Waals surface area (Å²) in [5.41, 5.74) is 30.0. The monoisotopic (exact) mass is 1010 g/mol. The van der Waals surface area contributed by atoms with Gasteiger partial charge in [0.1, 0.15) is 0 Å². The molecule has 0 N–H and O–H groups in total. The summed E-state index contributed by atoms with van der Waals surface area (Å²) in [6, 6.07) is 86.5. The molecule has 2 aromatic heterocycles. The highest BCUT2D eigenvalue weighted by Crippen LogP contribution is 2.64. The molecule has 1 spiro atoms. The van der Waals surface area contributed by atoms with Crippen molar-refractivity contribution < 1.29 is 0 Å². The number of fused-ring (bicyclic) bond motifs is 13. The molecule has 2 heterocycles. The van der Waals surface area contributed by atoms with Gasteiger partial charge in [-0.05, 0) is 182 Å². The summed E-state index contributed by atoms with van der Waals surface area (Å²) in [6.45, 7) is 11.5. The maximum Gasteiger partial charge on any atom is 0.238 e. The maximum atomic E-state index is 5.35. The third-order valence-corrected chi connectivity index (χ3v) is 17.3. The molecule has 1 atom stereocenters. The van der Waals surface area contributed by atoms with E-state index >= 15 is 0 Å². The van der Waals surface area contributed by atoms with E-state index in [1.165, 1.54) is 117 Å². The fourth-order valence-electron chi connectivity index (χ4n) is 14.0. The Morgan fingerprint density at radius 3 is 1.35 bits per heavy atom. The predicted octanol–water partition coefficient (Wildman–Crippen LogP) is 18.9. The number of benzene rings is 11. The van der Waals surface area contributed by atoms with Crippen LogP contribution in [0, 0.1) is 34.6 Å². The van der Waals surface area contributed by atoms with E-state index in [2.05, 4.69) is 239 Å². The molecule has 15 rings (SSSR count). The first kappa shape index (κ1) is 46.5. The Morgan fingerprint density at radius 1 is 0.291 bits per heavy atom. The van der Waals surface area contributed by atoms with Crippen molar-refractivity contribution in [2.75, 3.05) is 0 Å². The summed E-state index contributed by atoms with van der Waals surface area (Å²) in [5, 5.41) is 2.30. The van der Waals surface area contributed by atoms with Crippen molar-refractivity contribution in [3.8, 4) is 95.5 Å². The van der Waals surface area contributed by atoms with Gasteiger partial charge in [-0.3, -0.25) is 4.57 Å². The SMILES string of the molecule is Cc1cc(C)c(-c2c(C)c(-c3ccccc3)c(C)c(-c3ccccc3)c2C)cc1-c1ccc2c(c1)C1(c3ccccc3-2)c2ccccc2-c2cc3c4ccccc4n(-c4nc(-c5ccccc5)nc(-c5ccccc5)n4)c3cc21. The second kappa shape index (κ2) is 17.9. The van der Waals surface area contributed by atoms with Crippen LogP contribution >= 0.6 is 0 Å². The summed E-state index contributed by atoms with van der Waals surface area (Å²) < 4.78 is 2.28. The molecule has 0 bridgehead atoms. The summed E-state index contributed by atoms with van der Waals surface area (Å²) in [6.07, 6.45) is 0. The zero-order chi connectivity index (χ0) is 53.1. The molecule has 1 unspecified atom stereocenters. The molecule has 0 saturated heterocycles. The number of rotatable bonds is 7. The van der Waals surface area contributed by atoms with E-state index in [0.29, 0.717) is 17.6 Å². The van der Waals surface area contributed by atoms with Crippen LogP contribution in [-0.2, 0) is 5.41 Å². The smallest absolute Gasteiger partial charge is 0.238 e. The highest BCUT2D eigenvalue weighted by atomic mass is 15.2. The highest BCUT2D eigenvalue weighted by Gasteiger charge is 2.52. The van der Waals surface area contributed by atoms with Gasteiger partial charge >= 0.3 is 0 Å². The quantitative estimate of drug-likeness (QED) is 0.160. The average Bonchev–Trinajstić information content (AvgIpc) is 3.13. The second-order valence-electron chi connectivity index (χ2n) is 21.6. The van der Waals surface area contributed by atoms with E-state index in [4.69, 9.17) is 15.0 Å². The number of aryl methyl sites for hydroxylation is 2. The van der Waals surface area contributed by atoms with Gasteiger partial charge < -0.3 is 0 Å². The van der Waals surface area contributed by atoms with Gasteiger partial charge in [-0.15, -0.1) is 0 Å². The summed E-state index contributed by atoms with van der Waals surface area (Å²) in [5.74, 6) is 1.83. The van der Waals surface area contributed by atoms with Crippen molar-refractivity contribution >= 4 is 21.8 Å². The van der Waals surface area contributed by atoms with Gasteiger partial charge in [0.2, 0.25) is 5.95 Å². The Hall–Kier alpha value is -9.77. The summed E-state index contributed by atoms with van der Waals surface area (Å²) in [7, 11) is 0. The molecule has 4 heteroatoms. The number of nitrogens with zero attached hydrogens (tertiary/aromatic N) is 4. The van der Waals surface area contributed by atoms with E-state index in [1.807, 2.05) is 36.4 Å². The molecule has 0 fully saturated rings. The Kier molecular flexibility index (Phi) is 10.5. The zero-order valence-electron chi connectivity index (χ0n) is 44.8. The van der Waals surface area contributed by atoms with Crippen molar-refractivity contribution in [2.24, 2.45) is 0 Å². The normalized spacial score (nSPS) is 13.9. The lowest BCUT2D eigenvalue weighted by atomic mass is 9.70. The van der Waals surface area contributed by atoms with Crippen LogP contribution in [0.1, 0.15) is 50.1 Å². The van der Waals surface area contributed by atoms with Crippen molar-refractivity contribution in [3.63, 3.8) is 0 Å². The summed E-state index contributed by atoms with van der Waals surface area (Å²) in [4.78, 5) is 15.8. The molecule has 79 heavy (non-hydrogen) atoms. The van der Waals surface area contributed by atoms with E-state index in [1.54, 1.807) is 0 Å². The van der Waals surface area contributed by atoms with Crippen LogP contribution in [0.15, 0.2) is 237 Å². The number of hydrogen-bond acceptors (Lipinski definition) is 3. The lowest BCUT2D eigenvalue weighted by molar-refractivity contribution is 0.794. The molecule has 13 aromatic rings. The minimum atomic E-state index is -0.631. The molecule has 4 nitrogen and oxygen atoms in total. The van der Waals surface area contributed by atoms with Gasteiger partial charge in [0, 0.05) is 21.9 Å². The Morgan fingerprint density at radius 2 is 0.759 bits per heavy atom. The Labute approximate surface area is 461 Å². The lowest BCUT2D eigenvalue weighted by Gasteiger charge is -2.31. The van der Waals surface area contributed by atoms with Crippen molar-refractivity contribution in [1.29, 1.82) is 0 Å². The number of para-hydroxylation sites is 1. The van der Waals surface area contributed by atoms with Gasteiger partial charge in [0.05, 0.1) is 16.4 Å². The molecule has 2 aliphatic rings. The largest absolute Gasteiger partial charge is 0.278 e. The predicted molar refractivity (Wildman–Crippen MR) is 327 cm³/mol. The van der Waals surface area contributed by atoms with E-state index in [0.717, 1.165) is 32.9 Å². The van der Waals surface area contributed by atoms with Gasteiger partial charge in [-0.25, -0.2) is 4.98 Å². The second-order valence-corrected chi connectivity index (χ2v) is 21.6. The van der Waals surface area contributed by atoms with E-state index < -0.39 is 5.41 Å². The summed E-state index contributed by atoms with van der Waals surface area (Å²) >= 11 is 0. The molecule has 2 aliphatic carbocycles. The van der Waals surface area contributed by atoms with Crippen LogP contribution in [0.5, 0.6) is 0 Å². The fraction of sp³-hybridized carbons (Fsp3) is 0.0800. The molecular formula is C75H54N4. The van der Waals surface area contributed by atoms with Crippen LogP contribution in [-0.4, -0.2) is 19.5 Å². The molecule has 11 aromatic carbocycles. The maximum absolute atomic E-state index is 5.35. The molecule has 0 amide bonds. The number of hydrogen-bond donors (Lipinski definition) is 0. The van der Waals surface area contributed by atoms with Gasteiger partial charge in [-0.2, -0.15) is 9.97 Å². The zero-order valence-corrected chi connectivity index (χ0v) is 44.8. The minimum Gasteiger partial charge on any atom is -0.278 e. The first-order valence-electron chi connectivity index (χ1n) is 27.4. The topological polar surface area (TPSA) is 43.6 Å². The van der Waals surface area contributed by atoms with Crippen LogP contribution in [0.2, 0.25) is 0 Å². The molecular weight excluding hydrogens is 957 g/mol. The molecule has 0 radical (unpaired) electrons. The van der Waals surface area contributed by atoms with Crippen LogP contribution in [0.4, 0.5) is 0 Å². The average molecular weight is 1010 g/mol. The number of aromatic nitrogens is 4. The van der Waals surface area contributed by atoms with Crippen LogP contribution in [0.3, 0.4) is 0 Å². The van der Waals surface area contributed by atoms with Crippen molar-refractivity contribution in [2.45, 2.75) is 40.0 Å². The van der Waals surface area contributed by atoms with E-state index in [9.17, 15) is 0 Å². The molecule has 0 aliphatic heterocycles. The van der Waals surface area contributed by atoms with Crippen LogP contribution < -0.4 is 0 Å².